The lowest BCUT2D eigenvalue weighted by Gasteiger charge is -2.39. The van der Waals surface area contributed by atoms with Crippen LogP contribution in [0, 0.1) is 0 Å². The van der Waals surface area contributed by atoms with Crippen LogP contribution in [0.25, 0.3) is 10.4 Å². The Kier molecular flexibility index (Phi) is 6.09. The van der Waals surface area contributed by atoms with Crippen LogP contribution in [0.4, 0.5) is 0 Å². The molecule has 1 atom stereocenters. The molecule has 0 bridgehead atoms. The van der Waals surface area contributed by atoms with E-state index in [1.165, 1.54) is 0 Å². The van der Waals surface area contributed by atoms with Crippen molar-refractivity contribution in [3.8, 4) is 0 Å². The van der Waals surface area contributed by atoms with E-state index in [1.54, 1.807) is 6.20 Å². The molecule has 1 aromatic carbocycles. The van der Waals surface area contributed by atoms with Crippen molar-refractivity contribution in [1.29, 1.82) is 0 Å². The average molecular weight is 357 g/mol. The quantitative estimate of drug-likeness (QED) is 0.265. The van der Waals surface area contributed by atoms with Crippen LogP contribution >= 0.6 is 0 Å². The van der Waals surface area contributed by atoms with Crippen molar-refractivity contribution in [2.24, 2.45) is 5.11 Å². The summed E-state index contributed by atoms with van der Waals surface area (Å²) in [6.45, 7) is 13.7. The van der Waals surface area contributed by atoms with Crippen molar-refractivity contribution in [3.63, 3.8) is 0 Å². The second-order valence-corrected chi connectivity index (χ2v) is 13.2. The van der Waals surface area contributed by atoms with Gasteiger partial charge in [0.25, 0.3) is 0 Å². The van der Waals surface area contributed by atoms with Gasteiger partial charge in [-0.15, -0.1) is 0 Å². The zero-order chi connectivity index (χ0) is 18.6. The predicted octanol–water partition coefficient (Wildman–Crippen LogP) is 5.96. The molecule has 2 rings (SSSR count). The molecule has 1 unspecified atom stereocenters. The second-order valence-electron chi connectivity index (χ2n) is 7.48. The first-order valence-corrected chi connectivity index (χ1v) is 11.1. The molecule has 5 nitrogen and oxygen atoms in total. The fourth-order valence-electron chi connectivity index (χ4n) is 4.33. The highest BCUT2D eigenvalue weighted by atomic mass is 28.3. The van der Waals surface area contributed by atoms with Crippen molar-refractivity contribution >= 4 is 13.6 Å². The van der Waals surface area contributed by atoms with Crippen molar-refractivity contribution in [1.82, 2.24) is 4.98 Å². The maximum atomic E-state index is 9.00. The van der Waals surface area contributed by atoms with Crippen LogP contribution in [0.1, 0.15) is 58.9 Å². The van der Waals surface area contributed by atoms with E-state index in [0.717, 1.165) is 11.1 Å². The average Bonchev–Trinajstić information content (AvgIpc) is 3.02. The van der Waals surface area contributed by atoms with E-state index in [-0.39, 0.29) is 0 Å². The number of rotatable bonds is 7. The largest absolute Gasteiger partial charge is 0.450 e. The highest BCUT2D eigenvalue weighted by Crippen LogP contribution is 2.41. The fraction of sp³-hybridized carbons (Fsp3) is 0.526. The fourth-order valence-corrected chi connectivity index (χ4v) is 10.4. The van der Waals surface area contributed by atoms with E-state index in [9.17, 15) is 0 Å². The van der Waals surface area contributed by atoms with Crippen molar-refractivity contribution in [2.45, 2.75) is 64.2 Å². The maximum absolute atomic E-state index is 9.00. The molecule has 6 heteroatoms. The normalized spacial score (nSPS) is 13.3. The van der Waals surface area contributed by atoms with Gasteiger partial charge in [-0.2, -0.15) is 0 Å². The molecule has 0 spiro atoms. The second kappa shape index (κ2) is 7.89. The van der Waals surface area contributed by atoms with Gasteiger partial charge in [-0.05, 0) is 27.7 Å². The predicted molar refractivity (Wildman–Crippen MR) is 105 cm³/mol. The van der Waals surface area contributed by atoms with Crippen molar-refractivity contribution < 1.29 is 4.42 Å². The van der Waals surface area contributed by atoms with Crippen LogP contribution in [0.5, 0.6) is 0 Å². The van der Waals surface area contributed by atoms with Gasteiger partial charge in [0.05, 0.1) is 6.20 Å². The monoisotopic (exact) mass is 356 g/mol. The highest BCUT2D eigenvalue weighted by molar-refractivity contribution is 6.93. The minimum Gasteiger partial charge on any atom is -0.450 e. The standard InChI is InChI=1S/C19H28N4OSi/c1-13(2)25(14(3)4,15(5)6)19-21-12-17(24-19)18(22-23-20)16-10-8-7-9-11-16/h7-15,18H,1-6H3. The van der Waals surface area contributed by atoms with Gasteiger partial charge < -0.3 is 4.42 Å². The molecule has 0 saturated heterocycles. The molecule has 25 heavy (non-hydrogen) atoms. The number of hydrogen-bond acceptors (Lipinski definition) is 3. The van der Waals surface area contributed by atoms with E-state index in [0.29, 0.717) is 22.4 Å². The molecule has 1 heterocycles. The lowest BCUT2D eigenvalue weighted by molar-refractivity contribution is 0.504. The Bertz CT molecular complexity index is 711. The molecule has 0 fully saturated rings. The zero-order valence-electron chi connectivity index (χ0n) is 16.0. The minimum absolute atomic E-state index is 0.481. The summed E-state index contributed by atoms with van der Waals surface area (Å²) in [5.41, 5.74) is 12.3. The molecule has 0 N–H and O–H groups in total. The van der Waals surface area contributed by atoms with Crippen LogP contribution < -0.4 is 5.51 Å². The van der Waals surface area contributed by atoms with Gasteiger partial charge in [0.2, 0.25) is 0 Å². The van der Waals surface area contributed by atoms with E-state index >= 15 is 0 Å². The third kappa shape index (κ3) is 3.50. The molecule has 1 aromatic heterocycles. The van der Waals surface area contributed by atoms with Crippen LogP contribution in [-0.2, 0) is 0 Å². The summed E-state index contributed by atoms with van der Waals surface area (Å²) < 4.78 is 6.29. The lowest BCUT2D eigenvalue weighted by atomic mass is 10.1. The first-order chi connectivity index (χ1) is 11.9. The van der Waals surface area contributed by atoms with E-state index in [2.05, 4.69) is 51.6 Å². The number of azide groups is 1. The molecule has 0 aliphatic carbocycles. The third-order valence-corrected chi connectivity index (χ3v) is 12.0. The summed E-state index contributed by atoms with van der Waals surface area (Å²) in [6, 6.07) is 9.21. The molecule has 0 aliphatic heterocycles. The van der Waals surface area contributed by atoms with Crippen LogP contribution in [0.3, 0.4) is 0 Å². The molecule has 0 radical (unpaired) electrons. The van der Waals surface area contributed by atoms with E-state index in [1.807, 2.05) is 30.3 Å². The third-order valence-electron chi connectivity index (χ3n) is 5.31. The summed E-state index contributed by atoms with van der Waals surface area (Å²) >= 11 is 0. The summed E-state index contributed by atoms with van der Waals surface area (Å²) in [5.74, 6) is 0.623. The summed E-state index contributed by atoms with van der Waals surface area (Å²) in [7, 11) is -1.97. The minimum atomic E-state index is -1.97. The SMILES string of the molecule is CC(C)[Si](c1ncc(C(N=[N+]=[N-])c2ccccc2)o1)(C(C)C)C(C)C. The zero-order valence-corrected chi connectivity index (χ0v) is 17.0. The highest BCUT2D eigenvalue weighted by Gasteiger charge is 2.49. The Morgan fingerprint density at radius 3 is 2.04 bits per heavy atom. The van der Waals surface area contributed by atoms with Gasteiger partial charge in [-0.25, -0.2) is 4.98 Å². The van der Waals surface area contributed by atoms with Crippen molar-refractivity contribution in [2.75, 3.05) is 0 Å². The van der Waals surface area contributed by atoms with Crippen LogP contribution in [0.15, 0.2) is 46.1 Å². The first-order valence-electron chi connectivity index (χ1n) is 8.91. The molecular formula is C19H28N4OSi. The number of oxazole rings is 1. The molecule has 0 saturated carbocycles. The topological polar surface area (TPSA) is 74.8 Å². The van der Waals surface area contributed by atoms with Gasteiger partial charge in [-0.3, -0.25) is 0 Å². The van der Waals surface area contributed by atoms with Gasteiger partial charge in [0.15, 0.2) is 13.6 Å². The number of nitrogens with zero attached hydrogens (tertiary/aromatic N) is 4. The molecule has 2 aromatic rings. The van der Waals surface area contributed by atoms with Gasteiger partial charge in [0, 0.05) is 4.91 Å². The molecule has 0 amide bonds. The molecule has 134 valence electrons. The summed E-state index contributed by atoms with van der Waals surface area (Å²) in [4.78, 5) is 7.71. The molecular weight excluding hydrogens is 328 g/mol. The Labute approximate surface area is 151 Å². The number of aromatic nitrogens is 1. The van der Waals surface area contributed by atoms with Crippen LogP contribution in [-0.4, -0.2) is 13.1 Å². The Balaban J connectivity index is 2.54. The Morgan fingerprint density at radius 1 is 1.00 bits per heavy atom. The molecule has 0 aliphatic rings. The smallest absolute Gasteiger partial charge is 0.167 e. The van der Waals surface area contributed by atoms with Gasteiger partial charge in [0.1, 0.15) is 11.8 Å². The first kappa shape index (κ1) is 19.3. The maximum Gasteiger partial charge on any atom is 0.167 e. The lowest BCUT2D eigenvalue weighted by Crippen LogP contribution is -2.56. The summed E-state index contributed by atoms with van der Waals surface area (Å²) in [6.07, 6.45) is 1.75. The van der Waals surface area contributed by atoms with Gasteiger partial charge >= 0.3 is 0 Å². The number of hydrogen-bond donors (Lipinski definition) is 0. The Morgan fingerprint density at radius 2 is 1.56 bits per heavy atom. The Hall–Kier alpha value is -2.04. The number of benzene rings is 1. The van der Waals surface area contributed by atoms with E-state index in [4.69, 9.17) is 14.9 Å². The van der Waals surface area contributed by atoms with Crippen LogP contribution in [0.2, 0.25) is 16.6 Å². The van der Waals surface area contributed by atoms with E-state index < -0.39 is 14.1 Å². The van der Waals surface area contributed by atoms with Crippen molar-refractivity contribution in [3.05, 3.63) is 58.3 Å². The van der Waals surface area contributed by atoms with Gasteiger partial charge in [-0.1, -0.05) is 77.0 Å². The summed E-state index contributed by atoms with van der Waals surface area (Å²) in [5, 5.41) is 3.96.